The van der Waals surface area contributed by atoms with Crippen molar-refractivity contribution in [2.45, 2.75) is 32.2 Å². The van der Waals surface area contributed by atoms with Gasteiger partial charge in [0, 0.05) is 36.9 Å². The third kappa shape index (κ3) is 2.52. The molecule has 0 bridgehead atoms. The Hall–Kier alpha value is -1.55. The standard InChI is InChI=1S/C16H24N4/c1-12-10-13(5-6-15(12)16(17)18)20-9-8-19-7-3-2-4-14(19)11-20/h5-6,10,14H,2-4,7-9,11H2,1H3,(H3,17,18). The molecular weight excluding hydrogens is 248 g/mol. The minimum absolute atomic E-state index is 0.158. The Morgan fingerprint density at radius 2 is 2.10 bits per heavy atom. The zero-order valence-corrected chi connectivity index (χ0v) is 12.2. The molecule has 0 amide bonds. The minimum atomic E-state index is 0.158. The van der Waals surface area contributed by atoms with Crippen molar-refractivity contribution in [2.75, 3.05) is 31.1 Å². The molecule has 2 heterocycles. The molecule has 1 aromatic rings. The summed E-state index contributed by atoms with van der Waals surface area (Å²) < 4.78 is 0. The van der Waals surface area contributed by atoms with Crippen LogP contribution in [-0.2, 0) is 0 Å². The highest BCUT2D eigenvalue weighted by Crippen LogP contribution is 2.26. The van der Waals surface area contributed by atoms with E-state index in [9.17, 15) is 0 Å². The zero-order chi connectivity index (χ0) is 14.1. The lowest BCUT2D eigenvalue weighted by atomic mass is 9.98. The summed E-state index contributed by atoms with van der Waals surface area (Å²) in [5.41, 5.74) is 8.82. The molecule has 3 rings (SSSR count). The fourth-order valence-electron chi connectivity index (χ4n) is 3.54. The molecule has 0 radical (unpaired) electrons. The van der Waals surface area contributed by atoms with E-state index in [1.807, 2.05) is 13.0 Å². The van der Waals surface area contributed by atoms with Gasteiger partial charge in [0.15, 0.2) is 0 Å². The highest BCUT2D eigenvalue weighted by molar-refractivity contribution is 5.96. The summed E-state index contributed by atoms with van der Waals surface area (Å²) in [6.07, 6.45) is 4.07. The van der Waals surface area contributed by atoms with Crippen LogP contribution in [0.4, 0.5) is 5.69 Å². The van der Waals surface area contributed by atoms with E-state index in [0.29, 0.717) is 0 Å². The fraction of sp³-hybridized carbons (Fsp3) is 0.562. The van der Waals surface area contributed by atoms with Crippen LogP contribution in [-0.4, -0.2) is 43.0 Å². The number of nitrogens with zero attached hydrogens (tertiary/aromatic N) is 2. The van der Waals surface area contributed by atoms with E-state index >= 15 is 0 Å². The molecule has 1 unspecified atom stereocenters. The van der Waals surface area contributed by atoms with Gasteiger partial charge in [0.05, 0.1) is 0 Å². The molecule has 0 aromatic heterocycles. The second-order valence-electron chi connectivity index (χ2n) is 6.04. The van der Waals surface area contributed by atoms with Crippen LogP contribution in [0.2, 0.25) is 0 Å². The number of nitrogens with one attached hydrogen (secondary N) is 1. The van der Waals surface area contributed by atoms with Gasteiger partial charge in [-0.1, -0.05) is 6.42 Å². The minimum Gasteiger partial charge on any atom is -0.384 e. The van der Waals surface area contributed by atoms with Gasteiger partial charge in [-0.05, 0) is 50.1 Å². The predicted octanol–water partition coefficient (Wildman–Crippen LogP) is 1.95. The Balaban J connectivity index is 1.76. The Labute approximate surface area is 121 Å². The Bertz CT molecular complexity index is 511. The van der Waals surface area contributed by atoms with Crippen molar-refractivity contribution in [3.63, 3.8) is 0 Å². The van der Waals surface area contributed by atoms with Crippen LogP contribution in [0, 0.1) is 12.3 Å². The van der Waals surface area contributed by atoms with Crippen molar-refractivity contribution in [3.8, 4) is 0 Å². The Morgan fingerprint density at radius 1 is 1.25 bits per heavy atom. The summed E-state index contributed by atoms with van der Waals surface area (Å²) in [4.78, 5) is 5.14. The van der Waals surface area contributed by atoms with E-state index in [0.717, 1.165) is 30.3 Å². The topological polar surface area (TPSA) is 56.4 Å². The number of benzene rings is 1. The van der Waals surface area contributed by atoms with Crippen molar-refractivity contribution >= 4 is 11.5 Å². The van der Waals surface area contributed by atoms with E-state index in [-0.39, 0.29) is 5.84 Å². The quantitative estimate of drug-likeness (QED) is 0.639. The number of piperidine rings is 1. The molecule has 0 aliphatic carbocycles. The Morgan fingerprint density at radius 3 is 2.85 bits per heavy atom. The maximum atomic E-state index is 7.57. The number of hydrogen-bond acceptors (Lipinski definition) is 3. The van der Waals surface area contributed by atoms with Crippen LogP contribution in [0.25, 0.3) is 0 Å². The number of piperazine rings is 1. The zero-order valence-electron chi connectivity index (χ0n) is 12.2. The first-order valence-electron chi connectivity index (χ1n) is 7.59. The molecule has 1 aromatic carbocycles. The highest BCUT2D eigenvalue weighted by atomic mass is 15.3. The third-order valence-corrected chi connectivity index (χ3v) is 4.70. The highest BCUT2D eigenvalue weighted by Gasteiger charge is 2.28. The first-order valence-corrected chi connectivity index (χ1v) is 7.59. The number of nitrogens with two attached hydrogens (primary N) is 1. The van der Waals surface area contributed by atoms with Crippen LogP contribution in [0.5, 0.6) is 0 Å². The molecule has 4 heteroatoms. The summed E-state index contributed by atoms with van der Waals surface area (Å²) in [5.74, 6) is 0.158. The van der Waals surface area contributed by atoms with E-state index in [2.05, 4.69) is 21.9 Å². The molecule has 2 aliphatic rings. The van der Waals surface area contributed by atoms with Gasteiger partial charge in [-0.3, -0.25) is 10.3 Å². The van der Waals surface area contributed by atoms with Crippen LogP contribution < -0.4 is 10.6 Å². The van der Waals surface area contributed by atoms with E-state index in [4.69, 9.17) is 11.1 Å². The van der Waals surface area contributed by atoms with Gasteiger partial charge in [0.25, 0.3) is 0 Å². The summed E-state index contributed by atoms with van der Waals surface area (Å²) >= 11 is 0. The van der Waals surface area contributed by atoms with Crippen LogP contribution in [0.15, 0.2) is 18.2 Å². The second kappa shape index (κ2) is 5.44. The monoisotopic (exact) mass is 272 g/mol. The lowest BCUT2D eigenvalue weighted by Gasteiger charge is -2.45. The number of nitrogen functional groups attached to an aromatic ring is 1. The SMILES string of the molecule is Cc1cc(N2CCN3CCCCC3C2)ccc1C(=N)N. The normalized spacial score (nSPS) is 23.4. The summed E-state index contributed by atoms with van der Waals surface area (Å²) in [7, 11) is 0. The van der Waals surface area contributed by atoms with E-state index < -0.39 is 0 Å². The molecule has 1 atom stereocenters. The average molecular weight is 272 g/mol. The second-order valence-corrected chi connectivity index (χ2v) is 6.04. The van der Waals surface area contributed by atoms with Gasteiger partial charge in [-0.15, -0.1) is 0 Å². The first-order chi connectivity index (χ1) is 9.65. The molecular formula is C16H24N4. The number of hydrogen-bond donors (Lipinski definition) is 2. The fourth-order valence-corrected chi connectivity index (χ4v) is 3.54. The molecule has 0 saturated carbocycles. The largest absolute Gasteiger partial charge is 0.384 e. The molecule has 2 fully saturated rings. The maximum Gasteiger partial charge on any atom is 0.123 e. The molecule has 2 aliphatic heterocycles. The molecule has 0 spiro atoms. The summed E-state index contributed by atoms with van der Waals surface area (Å²) in [6.45, 7) is 6.74. The average Bonchev–Trinajstić information content (AvgIpc) is 2.46. The van der Waals surface area contributed by atoms with Crippen LogP contribution in [0.3, 0.4) is 0 Å². The predicted molar refractivity (Wildman–Crippen MR) is 83.6 cm³/mol. The van der Waals surface area contributed by atoms with Crippen molar-refractivity contribution in [1.82, 2.24) is 4.90 Å². The van der Waals surface area contributed by atoms with Gasteiger partial charge in [0.2, 0.25) is 0 Å². The molecule has 2 saturated heterocycles. The third-order valence-electron chi connectivity index (χ3n) is 4.70. The van der Waals surface area contributed by atoms with Crippen LogP contribution >= 0.6 is 0 Å². The molecule has 20 heavy (non-hydrogen) atoms. The van der Waals surface area contributed by atoms with Crippen molar-refractivity contribution in [1.29, 1.82) is 5.41 Å². The van der Waals surface area contributed by atoms with E-state index in [1.165, 1.54) is 38.0 Å². The lowest BCUT2D eigenvalue weighted by molar-refractivity contribution is 0.133. The van der Waals surface area contributed by atoms with Crippen molar-refractivity contribution in [2.24, 2.45) is 5.73 Å². The molecule has 108 valence electrons. The smallest absolute Gasteiger partial charge is 0.123 e. The van der Waals surface area contributed by atoms with Crippen molar-refractivity contribution in [3.05, 3.63) is 29.3 Å². The molecule has 3 N–H and O–H groups in total. The van der Waals surface area contributed by atoms with Gasteiger partial charge in [-0.2, -0.15) is 0 Å². The number of fused-ring (bicyclic) bond motifs is 1. The van der Waals surface area contributed by atoms with E-state index in [1.54, 1.807) is 0 Å². The Kier molecular flexibility index (Phi) is 3.66. The number of anilines is 1. The van der Waals surface area contributed by atoms with Gasteiger partial charge in [0.1, 0.15) is 5.84 Å². The molecule has 4 nitrogen and oxygen atoms in total. The number of rotatable bonds is 2. The lowest BCUT2D eigenvalue weighted by Crippen LogP contribution is -2.54. The van der Waals surface area contributed by atoms with Gasteiger partial charge < -0.3 is 10.6 Å². The summed E-state index contributed by atoms with van der Waals surface area (Å²) in [5, 5.41) is 7.57. The van der Waals surface area contributed by atoms with Crippen molar-refractivity contribution < 1.29 is 0 Å². The van der Waals surface area contributed by atoms with Gasteiger partial charge >= 0.3 is 0 Å². The summed E-state index contributed by atoms with van der Waals surface area (Å²) in [6, 6.07) is 7.00. The van der Waals surface area contributed by atoms with Gasteiger partial charge in [-0.25, -0.2) is 0 Å². The number of aryl methyl sites for hydroxylation is 1. The maximum absolute atomic E-state index is 7.57. The number of amidine groups is 1. The van der Waals surface area contributed by atoms with Crippen LogP contribution in [0.1, 0.15) is 30.4 Å². The first kappa shape index (κ1) is 13.4.